The molecule has 210 valence electrons. The molecule has 7 heteroatoms. The number of hydrogen-bond donors (Lipinski definition) is 0. The van der Waals surface area contributed by atoms with Crippen molar-refractivity contribution >= 4 is 17.9 Å². The highest BCUT2D eigenvalue weighted by Gasteiger charge is 2.50. The molecule has 0 N–H and O–H groups in total. The van der Waals surface area contributed by atoms with E-state index in [2.05, 4.69) is 27.7 Å². The van der Waals surface area contributed by atoms with E-state index in [1.165, 1.54) is 19.8 Å². The highest BCUT2D eigenvalue weighted by Crippen LogP contribution is 2.41. The van der Waals surface area contributed by atoms with Crippen molar-refractivity contribution in [3.63, 3.8) is 0 Å². The first kappa shape index (κ1) is 28.6. The van der Waals surface area contributed by atoms with Crippen molar-refractivity contribution in [3.8, 4) is 0 Å². The zero-order chi connectivity index (χ0) is 27.3. The van der Waals surface area contributed by atoms with Crippen molar-refractivity contribution in [2.75, 3.05) is 0 Å². The number of aliphatic imine (C=N–C) groups is 1. The zero-order valence-electron chi connectivity index (χ0n) is 24.1. The van der Waals surface area contributed by atoms with Gasteiger partial charge in [-0.15, -0.1) is 5.06 Å². The number of hydroxylamine groups is 2. The minimum atomic E-state index is -0.441. The summed E-state index contributed by atoms with van der Waals surface area (Å²) < 4.78 is 5.66. The lowest BCUT2D eigenvalue weighted by Crippen LogP contribution is -2.64. The molecule has 4 rings (SSSR count). The van der Waals surface area contributed by atoms with E-state index in [0.717, 1.165) is 51.4 Å². The van der Waals surface area contributed by atoms with Gasteiger partial charge in [0.05, 0.1) is 17.1 Å². The molecule has 7 nitrogen and oxygen atoms in total. The van der Waals surface area contributed by atoms with Gasteiger partial charge in [0, 0.05) is 31.4 Å². The fourth-order valence-electron chi connectivity index (χ4n) is 6.78. The molecule has 0 spiro atoms. The number of carbonyl (C=O) groups is 2. The third-order valence-electron chi connectivity index (χ3n) is 8.31. The normalized spacial score (nSPS) is 23.6. The number of nitrogens with zero attached hydrogens (tertiary/aromatic N) is 3. The average molecular weight is 526 g/mol. The molecule has 3 aliphatic rings. The first-order valence-electron chi connectivity index (χ1n) is 14.7. The number of amidine groups is 1. The van der Waals surface area contributed by atoms with E-state index in [1.54, 1.807) is 0 Å². The first-order chi connectivity index (χ1) is 18.1. The van der Waals surface area contributed by atoms with Crippen LogP contribution in [0.4, 0.5) is 0 Å². The maximum atomic E-state index is 14.2. The quantitative estimate of drug-likeness (QED) is 0.244. The lowest BCUT2D eigenvalue weighted by Gasteiger charge is -2.53. The maximum absolute atomic E-state index is 14.2. The number of rotatable bonds is 5. The van der Waals surface area contributed by atoms with E-state index < -0.39 is 11.1 Å². The van der Waals surface area contributed by atoms with Gasteiger partial charge in [0.2, 0.25) is 0 Å². The number of hydrogen-bond acceptors (Lipinski definition) is 6. The summed E-state index contributed by atoms with van der Waals surface area (Å²) in [5, 5.41) is 2.02. The van der Waals surface area contributed by atoms with Crippen LogP contribution in [0.15, 0.2) is 35.3 Å². The molecular formula is C31H47N3O4. The fraction of sp³-hybridized carbons (Fsp3) is 0.710. The van der Waals surface area contributed by atoms with Crippen LogP contribution in [0.1, 0.15) is 122 Å². The molecule has 1 aromatic carbocycles. The van der Waals surface area contributed by atoms with Crippen LogP contribution in [-0.4, -0.2) is 57.1 Å². The maximum Gasteiger partial charge on any atom is 0.315 e. The van der Waals surface area contributed by atoms with Crippen LogP contribution >= 0.6 is 0 Å². The molecule has 2 aliphatic carbocycles. The van der Waals surface area contributed by atoms with Gasteiger partial charge in [-0.1, -0.05) is 56.7 Å². The van der Waals surface area contributed by atoms with Crippen LogP contribution in [0.3, 0.4) is 0 Å². The predicted octanol–water partition coefficient (Wildman–Crippen LogP) is 6.67. The number of esters is 1. The van der Waals surface area contributed by atoms with Crippen molar-refractivity contribution in [1.29, 1.82) is 0 Å². The Hall–Kier alpha value is -2.41. The minimum Gasteiger partial charge on any atom is -0.462 e. The predicted molar refractivity (Wildman–Crippen MR) is 150 cm³/mol. The highest BCUT2D eigenvalue weighted by molar-refractivity contribution is 6.04. The number of carbonyl (C=O) groups excluding carboxylic acids is 2. The number of benzene rings is 1. The van der Waals surface area contributed by atoms with Crippen molar-refractivity contribution < 1.29 is 19.2 Å². The van der Waals surface area contributed by atoms with Gasteiger partial charge in [-0.2, -0.15) is 0 Å². The Morgan fingerprint density at radius 3 is 1.97 bits per heavy atom. The molecule has 1 amide bonds. The van der Waals surface area contributed by atoms with Crippen molar-refractivity contribution in [3.05, 3.63) is 35.9 Å². The second kappa shape index (κ2) is 12.2. The molecule has 1 heterocycles. The van der Waals surface area contributed by atoms with Gasteiger partial charge in [-0.3, -0.25) is 14.5 Å². The molecule has 0 bridgehead atoms. The Balaban J connectivity index is 1.72. The molecule has 38 heavy (non-hydrogen) atoms. The van der Waals surface area contributed by atoms with Crippen LogP contribution in [0.5, 0.6) is 0 Å². The van der Waals surface area contributed by atoms with Gasteiger partial charge in [0.25, 0.3) is 5.91 Å². The summed E-state index contributed by atoms with van der Waals surface area (Å²) in [6, 6.07) is 10.2. The third-order valence-corrected chi connectivity index (χ3v) is 8.31. The molecule has 0 aromatic heterocycles. The van der Waals surface area contributed by atoms with E-state index in [1.807, 2.05) is 40.3 Å². The average Bonchev–Trinajstić information content (AvgIpc) is 2.87. The second-order valence-electron chi connectivity index (χ2n) is 12.7. The Labute approximate surface area is 228 Å². The third kappa shape index (κ3) is 6.96. The van der Waals surface area contributed by atoms with Gasteiger partial charge in [-0.25, -0.2) is 4.99 Å². The van der Waals surface area contributed by atoms with Crippen molar-refractivity contribution in [2.45, 2.75) is 141 Å². The lowest BCUT2D eigenvalue weighted by molar-refractivity contribution is -0.251. The molecule has 0 atom stereocenters. The lowest BCUT2D eigenvalue weighted by atomic mass is 9.80. The Bertz CT molecular complexity index is 960. The first-order valence-corrected chi connectivity index (χ1v) is 14.7. The van der Waals surface area contributed by atoms with Gasteiger partial charge in [0.1, 0.15) is 6.10 Å². The number of amides is 1. The van der Waals surface area contributed by atoms with Gasteiger partial charge < -0.3 is 9.57 Å². The summed E-state index contributed by atoms with van der Waals surface area (Å²) in [6.07, 6.45) is 12.0. The molecular weight excluding hydrogens is 478 g/mol. The molecule has 0 radical (unpaired) electrons. The molecule has 1 saturated heterocycles. The minimum absolute atomic E-state index is 0.0440. The standard InChI is InChI=1S/C31H47N3O4/c1-23(35)37-27-21-30(2,3)34(31(4,5)22-27)38-29(32-25-17-11-7-12-18-25)33(26-19-13-8-14-20-26)28(36)24-15-9-6-10-16-24/h6,9-10,15-16,25-27H,7-8,11-14,17-22H2,1-5H3/b32-29-. The monoisotopic (exact) mass is 525 g/mol. The van der Waals surface area contributed by atoms with Crippen LogP contribution in [-0.2, 0) is 14.4 Å². The second-order valence-corrected chi connectivity index (χ2v) is 12.7. The summed E-state index contributed by atoms with van der Waals surface area (Å²) in [5.41, 5.74) is -0.225. The van der Waals surface area contributed by atoms with Crippen LogP contribution in [0.2, 0.25) is 0 Å². The van der Waals surface area contributed by atoms with Crippen molar-refractivity contribution in [2.24, 2.45) is 4.99 Å². The molecule has 2 saturated carbocycles. The summed E-state index contributed by atoms with van der Waals surface area (Å²) in [7, 11) is 0. The Morgan fingerprint density at radius 2 is 1.42 bits per heavy atom. The van der Waals surface area contributed by atoms with Gasteiger partial charge in [0.15, 0.2) is 0 Å². The molecule has 0 unspecified atom stereocenters. The van der Waals surface area contributed by atoms with E-state index in [9.17, 15) is 9.59 Å². The summed E-state index contributed by atoms with van der Waals surface area (Å²) in [4.78, 5) is 39.9. The largest absolute Gasteiger partial charge is 0.462 e. The smallest absolute Gasteiger partial charge is 0.315 e. The summed E-state index contributed by atoms with van der Waals surface area (Å²) in [5.74, 6) is -0.301. The van der Waals surface area contributed by atoms with Crippen LogP contribution in [0, 0.1) is 0 Å². The molecule has 1 aliphatic heterocycles. The summed E-state index contributed by atoms with van der Waals surface area (Å²) in [6.45, 7) is 9.94. The van der Waals surface area contributed by atoms with Gasteiger partial charge >= 0.3 is 12.0 Å². The molecule has 3 fully saturated rings. The van der Waals surface area contributed by atoms with Gasteiger partial charge in [-0.05, 0) is 65.5 Å². The van der Waals surface area contributed by atoms with Crippen LogP contribution in [0.25, 0.3) is 0 Å². The topological polar surface area (TPSA) is 71.4 Å². The fourth-order valence-corrected chi connectivity index (χ4v) is 6.78. The van der Waals surface area contributed by atoms with Crippen molar-refractivity contribution in [1.82, 2.24) is 9.96 Å². The Morgan fingerprint density at radius 1 is 0.868 bits per heavy atom. The van der Waals surface area contributed by atoms with E-state index >= 15 is 0 Å². The zero-order valence-corrected chi connectivity index (χ0v) is 24.1. The number of ether oxygens (including phenoxy) is 1. The highest BCUT2D eigenvalue weighted by atomic mass is 16.7. The SMILES string of the molecule is CC(=O)OC1CC(C)(C)N(O/C(=N\C2CCCCC2)N(C(=O)c2ccccc2)C2CCCCC2)C(C)(C)C1. The Kier molecular flexibility index (Phi) is 9.17. The molecule has 1 aromatic rings. The van der Waals surface area contributed by atoms with Crippen LogP contribution < -0.4 is 0 Å². The van der Waals surface area contributed by atoms with E-state index in [-0.39, 0.29) is 30.1 Å². The number of piperidine rings is 1. The van der Waals surface area contributed by atoms with E-state index in [0.29, 0.717) is 24.4 Å². The summed E-state index contributed by atoms with van der Waals surface area (Å²) >= 11 is 0. The van der Waals surface area contributed by atoms with E-state index in [4.69, 9.17) is 14.6 Å².